The molecule has 2 rings (SSSR count). The van der Waals surface area contributed by atoms with Gasteiger partial charge in [0.25, 0.3) is 0 Å². The van der Waals surface area contributed by atoms with Crippen molar-refractivity contribution in [2.24, 2.45) is 5.92 Å². The average Bonchev–Trinajstić information content (AvgIpc) is 3.08. The van der Waals surface area contributed by atoms with E-state index < -0.39 is 10.0 Å². The molecule has 0 amide bonds. The summed E-state index contributed by atoms with van der Waals surface area (Å²) in [6.07, 6.45) is 3.00. The molecule has 0 bridgehead atoms. The van der Waals surface area contributed by atoms with Crippen molar-refractivity contribution in [1.82, 2.24) is 9.62 Å². The topological polar surface area (TPSA) is 49.4 Å². The van der Waals surface area contributed by atoms with E-state index in [0.29, 0.717) is 23.9 Å². The summed E-state index contributed by atoms with van der Waals surface area (Å²) in [6, 6.07) is 1.91. The Labute approximate surface area is 132 Å². The van der Waals surface area contributed by atoms with E-state index in [-0.39, 0.29) is 6.04 Å². The minimum atomic E-state index is -3.35. The molecule has 21 heavy (non-hydrogen) atoms. The first-order chi connectivity index (χ1) is 9.98. The largest absolute Gasteiger partial charge is 0.312 e. The van der Waals surface area contributed by atoms with E-state index in [2.05, 4.69) is 26.1 Å². The van der Waals surface area contributed by atoms with Gasteiger partial charge in [-0.05, 0) is 43.2 Å². The van der Waals surface area contributed by atoms with Crippen LogP contribution in [0.5, 0.6) is 0 Å². The van der Waals surface area contributed by atoms with Crippen LogP contribution in [0.3, 0.4) is 0 Å². The van der Waals surface area contributed by atoms with Crippen molar-refractivity contribution in [2.75, 3.05) is 13.1 Å². The van der Waals surface area contributed by atoms with Crippen LogP contribution in [0.15, 0.2) is 16.3 Å². The average molecular weight is 331 g/mol. The van der Waals surface area contributed by atoms with Crippen LogP contribution in [0.25, 0.3) is 0 Å². The minimum Gasteiger partial charge on any atom is -0.312 e. The summed E-state index contributed by atoms with van der Waals surface area (Å²) in [6.45, 7) is 8.53. The Morgan fingerprint density at radius 2 is 2.24 bits per heavy atom. The second kappa shape index (κ2) is 7.22. The maximum Gasteiger partial charge on any atom is 0.244 e. The van der Waals surface area contributed by atoms with Gasteiger partial charge in [-0.2, -0.15) is 4.31 Å². The fraction of sp³-hybridized carbons (Fsp3) is 0.733. The summed E-state index contributed by atoms with van der Waals surface area (Å²) in [5.74, 6) is 0.363. The van der Waals surface area contributed by atoms with Gasteiger partial charge in [-0.3, -0.25) is 0 Å². The molecule has 1 aliphatic rings. The van der Waals surface area contributed by atoms with E-state index in [0.717, 1.165) is 30.7 Å². The van der Waals surface area contributed by atoms with Gasteiger partial charge < -0.3 is 5.32 Å². The fourth-order valence-corrected chi connectivity index (χ4v) is 6.13. The van der Waals surface area contributed by atoms with Crippen LogP contribution >= 0.6 is 11.3 Å². The molecule has 4 nitrogen and oxygen atoms in total. The van der Waals surface area contributed by atoms with Crippen molar-refractivity contribution in [3.63, 3.8) is 0 Å². The molecular formula is C15H26N2O2S2. The van der Waals surface area contributed by atoms with Gasteiger partial charge in [-0.25, -0.2) is 8.42 Å². The van der Waals surface area contributed by atoms with Gasteiger partial charge in [0.1, 0.15) is 0 Å². The third-order valence-corrected chi connectivity index (χ3v) is 7.08. The minimum absolute atomic E-state index is 0.145. The second-order valence-corrected chi connectivity index (χ2v) is 8.81. The number of hydrogen-bond acceptors (Lipinski definition) is 4. The highest BCUT2D eigenvalue weighted by molar-refractivity contribution is 7.89. The highest BCUT2D eigenvalue weighted by Crippen LogP contribution is 2.33. The Hall–Kier alpha value is -0.430. The molecule has 2 heterocycles. The maximum absolute atomic E-state index is 13.0. The quantitative estimate of drug-likeness (QED) is 0.782. The van der Waals surface area contributed by atoms with Gasteiger partial charge >= 0.3 is 0 Å². The standard InChI is InChI=1S/C15H26N2O2S2/c1-4-8-16-11-14-15(7-10-20-14)21(18,19)17-9-5-6-13(17)12(2)3/h7,10,12-13,16H,4-6,8-9,11H2,1-3H3. The molecule has 120 valence electrons. The fourth-order valence-electron chi connectivity index (χ4n) is 2.92. The number of nitrogens with zero attached hydrogens (tertiary/aromatic N) is 1. The Bertz CT molecular complexity index is 552. The lowest BCUT2D eigenvalue weighted by molar-refractivity contribution is 0.315. The molecule has 1 aliphatic heterocycles. The van der Waals surface area contributed by atoms with Crippen molar-refractivity contribution in [2.45, 2.75) is 57.5 Å². The predicted octanol–water partition coefficient (Wildman–Crippen LogP) is 3.06. The van der Waals surface area contributed by atoms with E-state index in [1.807, 2.05) is 5.38 Å². The van der Waals surface area contributed by atoms with E-state index in [1.165, 1.54) is 11.3 Å². The first-order valence-corrected chi connectivity index (χ1v) is 10.1. The van der Waals surface area contributed by atoms with Crippen LogP contribution in [0.1, 0.15) is 44.9 Å². The van der Waals surface area contributed by atoms with E-state index in [1.54, 1.807) is 10.4 Å². The van der Waals surface area contributed by atoms with Crippen LogP contribution in [0.2, 0.25) is 0 Å². The molecule has 1 saturated heterocycles. The number of sulfonamides is 1. The number of thiophene rings is 1. The normalized spacial score (nSPS) is 20.5. The molecule has 1 aromatic heterocycles. The Balaban J connectivity index is 2.22. The number of nitrogens with one attached hydrogen (secondary N) is 1. The highest BCUT2D eigenvalue weighted by atomic mass is 32.2. The summed E-state index contributed by atoms with van der Waals surface area (Å²) < 4.78 is 27.7. The lowest BCUT2D eigenvalue weighted by Crippen LogP contribution is -2.38. The van der Waals surface area contributed by atoms with Crippen LogP contribution < -0.4 is 5.32 Å². The summed E-state index contributed by atoms with van der Waals surface area (Å²) in [5, 5.41) is 5.19. The first kappa shape index (κ1) is 16.9. The smallest absolute Gasteiger partial charge is 0.244 e. The van der Waals surface area contributed by atoms with Crippen molar-refractivity contribution >= 4 is 21.4 Å². The third-order valence-electron chi connectivity index (χ3n) is 4.02. The van der Waals surface area contributed by atoms with Gasteiger partial charge in [-0.15, -0.1) is 11.3 Å². The van der Waals surface area contributed by atoms with E-state index in [9.17, 15) is 8.42 Å². The Kier molecular flexibility index (Phi) is 5.82. The molecule has 0 radical (unpaired) electrons. The zero-order valence-corrected chi connectivity index (χ0v) is 14.8. The molecule has 0 aromatic carbocycles. The maximum atomic E-state index is 13.0. The number of hydrogen-bond donors (Lipinski definition) is 1. The summed E-state index contributed by atoms with van der Waals surface area (Å²) in [4.78, 5) is 1.43. The van der Waals surface area contributed by atoms with Crippen LogP contribution in [-0.4, -0.2) is 31.9 Å². The Morgan fingerprint density at radius 1 is 1.48 bits per heavy atom. The zero-order valence-electron chi connectivity index (χ0n) is 13.1. The first-order valence-electron chi connectivity index (χ1n) is 7.77. The molecular weight excluding hydrogens is 304 g/mol. The van der Waals surface area contributed by atoms with Gasteiger partial charge in [-0.1, -0.05) is 20.8 Å². The molecule has 0 aliphatic carbocycles. The monoisotopic (exact) mass is 330 g/mol. The molecule has 0 saturated carbocycles. The summed E-state index contributed by atoms with van der Waals surface area (Å²) >= 11 is 1.53. The number of rotatable bonds is 7. The summed E-state index contributed by atoms with van der Waals surface area (Å²) in [5.41, 5.74) is 0. The molecule has 0 spiro atoms. The second-order valence-electron chi connectivity index (χ2n) is 5.95. The zero-order chi connectivity index (χ0) is 15.5. The van der Waals surface area contributed by atoms with Crippen LogP contribution in [0.4, 0.5) is 0 Å². The van der Waals surface area contributed by atoms with Crippen molar-refractivity contribution in [1.29, 1.82) is 0 Å². The Morgan fingerprint density at radius 3 is 2.90 bits per heavy atom. The molecule has 1 fully saturated rings. The highest BCUT2D eigenvalue weighted by Gasteiger charge is 2.37. The molecule has 1 unspecified atom stereocenters. The SMILES string of the molecule is CCCNCc1sccc1S(=O)(=O)N1CCCC1C(C)C. The molecule has 1 atom stereocenters. The van der Waals surface area contributed by atoms with E-state index >= 15 is 0 Å². The third kappa shape index (κ3) is 3.67. The van der Waals surface area contributed by atoms with Crippen LogP contribution in [0, 0.1) is 5.92 Å². The molecule has 1 N–H and O–H groups in total. The van der Waals surface area contributed by atoms with Crippen molar-refractivity contribution < 1.29 is 8.42 Å². The van der Waals surface area contributed by atoms with Crippen molar-refractivity contribution in [3.8, 4) is 0 Å². The molecule has 6 heteroatoms. The van der Waals surface area contributed by atoms with Gasteiger partial charge in [0.2, 0.25) is 10.0 Å². The summed E-state index contributed by atoms with van der Waals surface area (Å²) in [7, 11) is -3.35. The predicted molar refractivity (Wildman–Crippen MR) is 88.1 cm³/mol. The lowest BCUT2D eigenvalue weighted by atomic mass is 10.0. The van der Waals surface area contributed by atoms with Crippen LogP contribution in [-0.2, 0) is 16.6 Å². The molecule has 1 aromatic rings. The van der Waals surface area contributed by atoms with Crippen molar-refractivity contribution in [3.05, 3.63) is 16.3 Å². The van der Waals surface area contributed by atoms with Gasteiger partial charge in [0.15, 0.2) is 0 Å². The van der Waals surface area contributed by atoms with Gasteiger partial charge in [0.05, 0.1) is 4.90 Å². The lowest BCUT2D eigenvalue weighted by Gasteiger charge is -2.27. The van der Waals surface area contributed by atoms with Gasteiger partial charge in [0, 0.05) is 24.0 Å². The van der Waals surface area contributed by atoms with E-state index in [4.69, 9.17) is 0 Å².